The number of benzene rings is 1. The predicted molar refractivity (Wildman–Crippen MR) is 81.2 cm³/mol. The summed E-state index contributed by atoms with van der Waals surface area (Å²) in [5, 5.41) is 3.89. The summed E-state index contributed by atoms with van der Waals surface area (Å²) in [5.74, 6) is 1.96. The van der Waals surface area contributed by atoms with E-state index in [1.165, 1.54) is 6.33 Å². The fourth-order valence-corrected chi connectivity index (χ4v) is 2.23. The minimum absolute atomic E-state index is 0.496. The number of nitrogens with one attached hydrogen (secondary N) is 1. The number of ether oxygens (including phenoxy) is 1. The van der Waals surface area contributed by atoms with Gasteiger partial charge in [-0.05, 0) is 18.6 Å². The van der Waals surface area contributed by atoms with Gasteiger partial charge in [-0.3, -0.25) is 0 Å². The Labute approximate surface area is 123 Å². The number of aromatic nitrogens is 2. The van der Waals surface area contributed by atoms with Crippen LogP contribution in [-0.4, -0.2) is 17.1 Å². The fraction of sp³-hybridized carbons (Fsp3) is 0.286. The minimum Gasteiger partial charge on any atom is -0.496 e. The van der Waals surface area contributed by atoms with Crippen molar-refractivity contribution in [2.24, 2.45) is 0 Å². The average molecular weight is 293 g/mol. The summed E-state index contributed by atoms with van der Waals surface area (Å²) in [6.07, 6.45) is 2.20. The largest absolute Gasteiger partial charge is 0.496 e. The van der Waals surface area contributed by atoms with E-state index >= 15 is 0 Å². The second-order valence-electron chi connectivity index (χ2n) is 4.21. The van der Waals surface area contributed by atoms with Crippen LogP contribution in [0.25, 0.3) is 0 Å². The monoisotopic (exact) mass is 292 g/mol. The van der Waals surface area contributed by atoms with Crippen LogP contribution in [0, 0.1) is 0 Å². The average Bonchev–Trinajstić information content (AvgIpc) is 2.45. The van der Waals surface area contributed by atoms with E-state index in [1.54, 1.807) is 7.11 Å². The third-order valence-electron chi connectivity index (χ3n) is 3.06. The molecule has 0 saturated heterocycles. The second-order valence-corrected chi connectivity index (χ2v) is 4.62. The van der Waals surface area contributed by atoms with Crippen LogP contribution in [0.4, 0.5) is 11.6 Å². The topological polar surface area (TPSA) is 73.1 Å². The van der Waals surface area contributed by atoms with Crippen molar-refractivity contribution >= 4 is 23.2 Å². The summed E-state index contributed by atoms with van der Waals surface area (Å²) < 4.78 is 5.31. The molecule has 0 spiro atoms. The Hall–Kier alpha value is -2.01. The van der Waals surface area contributed by atoms with Crippen molar-refractivity contribution in [3.8, 4) is 5.75 Å². The van der Waals surface area contributed by atoms with Crippen molar-refractivity contribution in [2.75, 3.05) is 18.2 Å². The van der Waals surface area contributed by atoms with Gasteiger partial charge in [0.25, 0.3) is 0 Å². The molecule has 0 aliphatic carbocycles. The Balaban J connectivity index is 2.23. The summed E-state index contributed by atoms with van der Waals surface area (Å²) in [6.45, 7) is 2.52. The van der Waals surface area contributed by atoms with Gasteiger partial charge in [0.05, 0.1) is 7.11 Å². The maximum absolute atomic E-state index is 6.20. The lowest BCUT2D eigenvalue weighted by atomic mass is 10.2. The highest BCUT2D eigenvalue weighted by Gasteiger charge is 2.10. The molecule has 5 nitrogen and oxygen atoms in total. The summed E-state index contributed by atoms with van der Waals surface area (Å²) in [6, 6.07) is 5.55. The van der Waals surface area contributed by atoms with Crippen LogP contribution < -0.4 is 15.8 Å². The highest BCUT2D eigenvalue weighted by molar-refractivity contribution is 6.31. The number of methoxy groups -OCH3 is 1. The fourth-order valence-electron chi connectivity index (χ4n) is 2.00. The van der Waals surface area contributed by atoms with Crippen molar-refractivity contribution in [3.05, 3.63) is 40.7 Å². The molecule has 0 atom stereocenters. The lowest BCUT2D eigenvalue weighted by Gasteiger charge is -2.14. The van der Waals surface area contributed by atoms with Crippen LogP contribution in [0.3, 0.4) is 0 Å². The molecule has 0 saturated carbocycles. The van der Waals surface area contributed by atoms with Gasteiger partial charge < -0.3 is 15.8 Å². The van der Waals surface area contributed by atoms with Gasteiger partial charge in [-0.2, -0.15) is 0 Å². The zero-order valence-corrected chi connectivity index (χ0v) is 12.2. The van der Waals surface area contributed by atoms with E-state index < -0.39 is 0 Å². The summed E-state index contributed by atoms with van der Waals surface area (Å²) in [5.41, 5.74) is 7.63. The van der Waals surface area contributed by atoms with E-state index in [4.69, 9.17) is 22.1 Å². The van der Waals surface area contributed by atoms with Gasteiger partial charge in [0.1, 0.15) is 23.7 Å². The lowest BCUT2D eigenvalue weighted by molar-refractivity contribution is 0.410. The second kappa shape index (κ2) is 6.43. The van der Waals surface area contributed by atoms with Gasteiger partial charge in [0.15, 0.2) is 0 Å². The van der Waals surface area contributed by atoms with Gasteiger partial charge in [-0.15, -0.1) is 0 Å². The number of nitrogens with zero attached hydrogens (tertiary/aromatic N) is 2. The van der Waals surface area contributed by atoms with Gasteiger partial charge in [-0.1, -0.05) is 24.6 Å². The molecule has 1 heterocycles. The SMILES string of the molecule is CCc1c(N)ncnc1NCc1c(Cl)cccc1OC. The quantitative estimate of drug-likeness (QED) is 0.886. The summed E-state index contributed by atoms with van der Waals surface area (Å²) in [4.78, 5) is 8.22. The van der Waals surface area contributed by atoms with Crippen molar-refractivity contribution < 1.29 is 4.74 Å². The number of halogens is 1. The van der Waals surface area contributed by atoms with Crippen LogP contribution in [-0.2, 0) is 13.0 Å². The molecule has 1 aromatic carbocycles. The minimum atomic E-state index is 0.496. The van der Waals surface area contributed by atoms with Crippen molar-refractivity contribution in [3.63, 3.8) is 0 Å². The first kappa shape index (κ1) is 14.4. The normalized spacial score (nSPS) is 10.3. The Morgan fingerprint density at radius 1 is 1.30 bits per heavy atom. The Kier molecular flexibility index (Phi) is 4.63. The van der Waals surface area contributed by atoms with E-state index in [9.17, 15) is 0 Å². The Morgan fingerprint density at radius 3 is 2.80 bits per heavy atom. The molecule has 2 aromatic rings. The number of anilines is 2. The van der Waals surface area contributed by atoms with Crippen molar-refractivity contribution in [2.45, 2.75) is 19.9 Å². The Bertz CT molecular complexity index is 604. The van der Waals surface area contributed by atoms with E-state index in [-0.39, 0.29) is 0 Å². The molecular formula is C14H17ClN4O. The van der Waals surface area contributed by atoms with Crippen molar-refractivity contribution in [1.82, 2.24) is 9.97 Å². The molecule has 0 radical (unpaired) electrons. The first-order valence-electron chi connectivity index (χ1n) is 6.32. The lowest BCUT2D eigenvalue weighted by Crippen LogP contribution is -2.09. The first-order valence-corrected chi connectivity index (χ1v) is 6.69. The van der Waals surface area contributed by atoms with E-state index in [0.29, 0.717) is 17.4 Å². The number of rotatable bonds is 5. The third kappa shape index (κ3) is 2.93. The van der Waals surface area contributed by atoms with Crippen LogP contribution in [0.5, 0.6) is 5.75 Å². The number of hydrogen-bond donors (Lipinski definition) is 2. The van der Waals surface area contributed by atoms with Crippen LogP contribution >= 0.6 is 11.6 Å². The molecule has 6 heteroatoms. The maximum atomic E-state index is 6.20. The zero-order chi connectivity index (χ0) is 14.5. The first-order chi connectivity index (χ1) is 9.67. The van der Waals surface area contributed by atoms with E-state index in [1.807, 2.05) is 25.1 Å². The summed E-state index contributed by atoms with van der Waals surface area (Å²) >= 11 is 6.20. The zero-order valence-electron chi connectivity index (χ0n) is 11.5. The molecule has 20 heavy (non-hydrogen) atoms. The number of nitrogen functional groups attached to an aromatic ring is 1. The van der Waals surface area contributed by atoms with Crippen LogP contribution in [0.2, 0.25) is 5.02 Å². The highest BCUT2D eigenvalue weighted by atomic mass is 35.5. The van der Waals surface area contributed by atoms with Gasteiger partial charge in [0, 0.05) is 22.7 Å². The van der Waals surface area contributed by atoms with Crippen LogP contribution in [0.1, 0.15) is 18.1 Å². The molecule has 0 fully saturated rings. The Morgan fingerprint density at radius 2 is 2.10 bits per heavy atom. The predicted octanol–water partition coefficient (Wildman–Crippen LogP) is 2.90. The number of hydrogen-bond acceptors (Lipinski definition) is 5. The molecule has 0 unspecified atom stereocenters. The third-order valence-corrected chi connectivity index (χ3v) is 3.41. The number of nitrogens with two attached hydrogens (primary N) is 1. The molecule has 106 valence electrons. The van der Waals surface area contributed by atoms with E-state index in [2.05, 4.69) is 15.3 Å². The molecule has 3 N–H and O–H groups in total. The van der Waals surface area contributed by atoms with E-state index in [0.717, 1.165) is 29.1 Å². The summed E-state index contributed by atoms with van der Waals surface area (Å²) in [7, 11) is 1.62. The molecule has 0 bridgehead atoms. The van der Waals surface area contributed by atoms with Crippen LogP contribution in [0.15, 0.2) is 24.5 Å². The highest BCUT2D eigenvalue weighted by Crippen LogP contribution is 2.27. The molecule has 0 aliphatic heterocycles. The molecule has 2 rings (SSSR count). The smallest absolute Gasteiger partial charge is 0.134 e. The molecular weight excluding hydrogens is 276 g/mol. The molecule has 0 amide bonds. The van der Waals surface area contributed by atoms with Crippen molar-refractivity contribution in [1.29, 1.82) is 0 Å². The van der Waals surface area contributed by atoms with Gasteiger partial charge in [-0.25, -0.2) is 9.97 Å². The molecule has 1 aromatic heterocycles. The van der Waals surface area contributed by atoms with Gasteiger partial charge in [0.2, 0.25) is 0 Å². The van der Waals surface area contributed by atoms with Gasteiger partial charge >= 0.3 is 0 Å². The maximum Gasteiger partial charge on any atom is 0.134 e. The standard InChI is InChI=1S/C14H17ClN4O/c1-3-9-13(16)18-8-19-14(9)17-7-10-11(15)5-4-6-12(10)20-2/h4-6,8H,3,7H2,1-2H3,(H3,16,17,18,19). The molecule has 0 aliphatic rings.